The van der Waals surface area contributed by atoms with Crippen molar-refractivity contribution in [1.29, 1.82) is 0 Å². The second kappa shape index (κ2) is 7.01. The molecule has 1 aliphatic heterocycles. The molecule has 1 amide bonds. The van der Waals surface area contributed by atoms with Crippen LogP contribution in [0.2, 0.25) is 0 Å². The number of aliphatic imine (C=N–C) groups is 1. The van der Waals surface area contributed by atoms with Crippen LogP contribution in [-0.2, 0) is 11.2 Å². The minimum atomic E-state index is -0.228. The molecule has 0 aromatic heterocycles. The lowest BCUT2D eigenvalue weighted by Crippen LogP contribution is -2.24. The first-order chi connectivity index (χ1) is 11.9. The normalized spacial score (nSPS) is 15.4. The first-order valence-corrected chi connectivity index (χ1v) is 8.36. The van der Waals surface area contributed by atoms with Crippen molar-refractivity contribution in [2.45, 2.75) is 33.6 Å². The fourth-order valence-electron chi connectivity index (χ4n) is 3.15. The summed E-state index contributed by atoms with van der Waals surface area (Å²) >= 11 is 0. The zero-order valence-corrected chi connectivity index (χ0v) is 14.7. The maximum absolute atomic E-state index is 13.7. The summed E-state index contributed by atoms with van der Waals surface area (Å²) in [6.07, 6.45) is 2.83. The van der Waals surface area contributed by atoms with E-state index in [4.69, 9.17) is 0 Å². The van der Waals surface area contributed by atoms with Gasteiger partial charge in [-0.15, -0.1) is 0 Å². The zero-order chi connectivity index (χ0) is 18.0. The lowest BCUT2D eigenvalue weighted by atomic mass is 9.99. The second-order valence-electron chi connectivity index (χ2n) is 6.45. The van der Waals surface area contributed by atoms with Gasteiger partial charge in [0.2, 0.25) is 0 Å². The van der Waals surface area contributed by atoms with E-state index in [0.717, 1.165) is 16.7 Å². The van der Waals surface area contributed by atoms with Gasteiger partial charge in [0, 0.05) is 6.42 Å². The van der Waals surface area contributed by atoms with E-state index in [-0.39, 0.29) is 11.7 Å². The highest BCUT2D eigenvalue weighted by Gasteiger charge is 2.20. The molecule has 2 aromatic rings. The fraction of sp³-hybridized carbons (Fsp3) is 0.238. The molecule has 3 rings (SSSR count). The average molecular weight is 336 g/mol. The van der Waals surface area contributed by atoms with Crippen molar-refractivity contribution in [2.24, 2.45) is 4.99 Å². The van der Waals surface area contributed by atoms with Gasteiger partial charge in [-0.25, -0.2) is 9.38 Å². The molecule has 0 bridgehead atoms. The van der Waals surface area contributed by atoms with Gasteiger partial charge in [0.1, 0.15) is 17.3 Å². The predicted octanol–water partition coefficient (Wildman–Crippen LogP) is 4.25. The standard InChI is InChI=1S/C21H21FN2O/c1-13-10-14(2)17(15(3)11-13)12-19-21(25)24-20(23-19)9-8-16-6-4-5-7-18(16)22/h4-7,10-12H,8-9H2,1-3H3,(H,23,24,25)/b19-12-. The van der Waals surface area contributed by atoms with Gasteiger partial charge in [0.25, 0.3) is 5.91 Å². The van der Waals surface area contributed by atoms with E-state index in [1.165, 1.54) is 11.6 Å². The zero-order valence-electron chi connectivity index (χ0n) is 14.7. The van der Waals surface area contributed by atoms with Crippen LogP contribution in [0.5, 0.6) is 0 Å². The summed E-state index contributed by atoms with van der Waals surface area (Å²) < 4.78 is 13.7. The highest BCUT2D eigenvalue weighted by molar-refractivity contribution is 6.14. The van der Waals surface area contributed by atoms with Crippen LogP contribution in [0.4, 0.5) is 4.39 Å². The van der Waals surface area contributed by atoms with E-state index in [9.17, 15) is 9.18 Å². The Labute approximate surface area is 147 Å². The third kappa shape index (κ3) is 3.85. The quantitative estimate of drug-likeness (QED) is 0.833. The first kappa shape index (κ1) is 17.1. The lowest BCUT2D eigenvalue weighted by Gasteiger charge is -2.07. The maximum Gasteiger partial charge on any atom is 0.275 e. The summed E-state index contributed by atoms with van der Waals surface area (Å²) in [4.78, 5) is 16.6. The number of nitrogens with one attached hydrogen (secondary N) is 1. The molecule has 128 valence electrons. The number of amides is 1. The number of carbonyl (C=O) groups is 1. The number of carbonyl (C=O) groups excluding carboxylic acids is 1. The Balaban J connectivity index is 1.80. The van der Waals surface area contributed by atoms with E-state index < -0.39 is 0 Å². The number of benzene rings is 2. The largest absolute Gasteiger partial charge is 0.309 e. The van der Waals surface area contributed by atoms with E-state index in [0.29, 0.717) is 29.9 Å². The Hall–Kier alpha value is -2.75. The molecule has 1 N–H and O–H groups in total. The minimum Gasteiger partial charge on any atom is -0.309 e. The molecule has 0 radical (unpaired) electrons. The molecular weight excluding hydrogens is 315 g/mol. The Morgan fingerprint density at radius 3 is 2.44 bits per heavy atom. The van der Waals surface area contributed by atoms with Crippen LogP contribution in [-0.4, -0.2) is 11.7 Å². The molecule has 0 atom stereocenters. The molecular formula is C21H21FN2O. The molecule has 1 aliphatic rings. The van der Waals surface area contributed by atoms with Crippen LogP contribution in [0.1, 0.15) is 34.2 Å². The summed E-state index contributed by atoms with van der Waals surface area (Å²) in [6.45, 7) is 6.11. The topological polar surface area (TPSA) is 41.5 Å². The number of rotatable bonds is 4. The maximum atomic E-state index is 13.7. The van der Waals surface area contributed by atoms with Crippen molar-refractivity contribution in [1.82, 2.24) is 5.32 Å². The summed E-state index contributed by atoms with van der Waals surface area (Å²) in [7, 11) is 0. The van der Waals surface area contributed by atoms with Crippen molar-refractivity contribution in [3.8, 4) is 0 Å². The number of hydrogen-bond donors (Lipinski definition) is 1. The number of halogens is 1. The van der Waals surface area contributed by atoms with Gasteiger partial charge < -0.3 is 5.32 Å². The van der Waals surface area contributed by atoms with Gasteiger partial charge in [0.05, 0.1) is 0 Å². The van der Waals surface area contributed by atoms with Gasteiger partial charge in [-0.05, 0) is 61.6 Å². The molecule has 0 saturated heterocycles. The highest BCUT2D eigenvalue weighted by Crippen LogP contribution is 2.21. The van der Waals surface area contributed by atoms with E-state index in [2.05, 4.69) is 29.4 Å². The molecule has 0 saturated carbocycles. The predicted molar refractivity (Wildman–Crippen MR) is 98.9 cm³/mol. The molecule has 1 heterocycles. The van der Waals surface area contributed by atoms with Gasteiger partial charge in [-0.1, -0.05) is 35.9 Å². The molecule has 0 aliphatic carbocycles. The van der Waals surface area contributed by atoms with Gasteiger partial charge in [-0.3, -0.25) is 4.79 Å². The SMILES string of the molecule is Cc1cc(C)c(/C=C2\N=C(CCc3ccccc3F)NC2=O)c(C)c1. The second-order valence-corrected chi connectivity index (χ2v) is 6.45. The summed E-state index contributed by atoms with van der Waals surface area (Å²) in [6, 6.07) is 10.9. The Morgan fingerprint density at radius 1 is 1.08 bits per heavy atom. The van der Waals surface area contributed by atoms with Crippen molar-refractivity contribution >= 4 is 17.8 Å². The highest BCUT2D eigenvalue weighted by atomic mass is 19.1. The van der Waals surface area contributed by atoms with Crippen LogP contribution in [0.15, 0.2) is 47.1 Å². The van der Waals surface area contributed by atoms with Gasteiger partial charge in [-0.2, -0.15) is 0 Å². The van der Waals surface area contributed by atoms with E-state index in [1.54, 1.807) is 12.1 Å². The van der Waals surface area contributed by atoms with Crippen LogP contribution >= 0.6 is 0 Å². The van der Waals surface area contributed by atoms with E-state index >= 15 is 0 Å². The van der Waals surface area contributed by atoms with Crippen molar-refractivity contribution in [2.75, 3.05) is 0 Å². The Kier molecular flexibility index (Phi) is 4.79. The first-order valence-electron chi connectivity index (χ1n) is 8.36. The molecule has 4 heteroatoms. The van der Waals surface area contributed by atoms with Crippen LogP contribution < -0.4 is 5.32 Å². The number of aryl methyl sites for hydroxylation is 4. The molecule has 0 fully saturated rings. The summed E-state index contributed by atoms with van der Waals surface area (Å²) in [5, 5.41) is 2.78. The fourth-order valence-corrected chi connectivity index (χ4v) is 3.15. The average Bonchev–Trinajstić information content (AvgIpc) is 2.90. The monoisotopic (exact) mass is 336 g/mol. The van der Waals surface area contributed by atoms with Gasteiger partial charge >= 0.3 is 0 Å². The van der Waals surface area contributed by atoms with Gasteiger partial charge in [0.15, 0.2) is 0 Å². The molecule has 2 aromatic carbocycles. The number of nitrogens with zero attached hydrogens (tertiary/aromatic N) is 1. The lowest BCUT2D eigenvalue weighted by molar-refractivity contribution is -0.115. The molecule has 25 heavy (non-hydrogen) atoms. The number of amidine groups is 1. The smallest absolute Gasteiger partial charge is 0.275 e. The van der Waals surface area contributed by atoms with E-state index in [1.807, 2.05) is 26.0 Å². The third-order valence-corrected chi connectivity index (χ3v) is 4.35. The Bertz CT molecular complexity index is 874. The minimum absolute atomic E-state index is 0.206. The van der Waals surface area contributed by atoms with Crippen molar-refractivity contribution in [3.63, 3.8) is 0 Å². The molecule has 3 nitrogen and oxygen atoms in total. The van der Waals surface area contributed by atoms with Crippen molar-refractivity contribution < 1.29 is 9.18 Å². The summed E-state index contributed by atoms with van der Waals surface area (Å²) in [5.41, 5.74) is 5.48. The molecule has 0 spiro atoms. The van der Waals surface area contributed by atoms with Crippen LogP contribution in [0, 0.1) is 26.6 Å². The molecule has 0 unspecified atom stereocenters. The van der Waals surface area contributed by atoms with Crippen LogP contribution in [0.3, 0.4) is 0 Å². The van der Waals surface area contributed by atoms with Crippen LogP contribution in [0.25, 0.3) is 6.08 Å². The third-order valence-electron chi connectivity index (χ3n) is 4.35. The van der Waals surface area contributed by atoms with Crippen molar-refractivity contribution in [3.05, 3.63) is 75.7 Å². The number of hydrogen-bond acceptors (Lipinski definition) is 2. The Morgan fingerprint density at radius 2 is 1.76 bits per heavy atom. The summed E-state index contributed by atoms with van der Waals surface area (Å²) in [5.74, 6) is 0.152.